The van der Waals surface area contributed by atoms with Crippen LogP contribution in [0.4, 0.5) is 5.69 Å². The molecule has 0 aliphatic heterocycles. The molecule has 0 unspecified atom stereocenters. The van der Waals surface area contributed by atoms with Gasteiger partial charge in [-0.25, -0.2) is 4.98 Å². The Hall–Kier alpha value is -1.77. The van der Waals surface area contributed by atoms with E-state index in [2.05, 4.69) is 53.4 Å². The van der Waals surface area contributed by atoms with E-state index in [1.54, 1.807) is 6.33 Å². The molecule has 0 aliphatic rings. The zero-order chi connectivity index (χ0) is 11.4. The van der Waals surface area contributed by atoms with Crippen LogP contribution in [0.25, 0.3) is 0 Å². The first-order valence-corrected chi connectivity index (χ1v) is 5.57. The van der Waals surface area contributed by atoms with Crippen molar-refractivity contribution in [3.8, 4) is 0 Å². The SMILES string of the molecule is CC(C)c1ccc(NCc2cnc[nH]2)cc1. The van der Waals surface area contributed by atoms with Crippen LogP contribution >= 0.6 is 0 Å². The van der Waals surface area contributed by atoms with E-state index in [1.807, 2.05) is 6.20 Å². The van der Waals surface area contributed by atoms with Crippen molar-refractivity contribution in [1.29, 1.82) is 0 Å². The van der Waals surface area contributed by atoms with E-state index in [0.717, 1.165) is 17.9 Å². The number of anilines is 1. The smallest absolute Gasteiger partial charge is 0.0922 e. The van der Waals surface area contributed by atoms with Gasteiger partial charge in [0.05, 0.1) is 18.6 Å². The van der Waals surface area contributed by atoms with Crippen LogP contribution in [-0.4, -0.2) is 9.97 Å². The summed E-state index contributed by atoms with van der Waals surface area (Å²) in [7, 11) is 0. The Morgan fingerprint density at radius 1 is 1.25 bits per heavy atom. The summed E-state index contributed by atoms with van der Waals surface area (Å²) in [5.74, 6) is 0.585. The second-order valence-electron chi connectivity index (χ2n) is 4.21. The summed E-state index contributed by atoms with van der Waals surface area (Å²) in [6, 6.07) is 8.57. The molecule has 3 heteroatoms. The molecule has 0 radical (unpaired) electrons. The maximum Gasteiger partial charge on any atom is 0.0922 e. The van der Waals surface area contributed by atoms with Crippen molar-refractivity contribution in [2.45, 2.75) is 26.3 Å². The van der Waals surface area contributed by atoms with E-state index in [-0.39, 0.29) is 0 Å². The van der Waals surface area contributed by atoms with Crippen molar-refractivity contribution >= 4 is 5.69 Å². The summed E-state index contributed by atoms with van der Waals surface area (Å²) in [5, 5.41) is 3.34. The minimum atomic E-state index is 0.585. The number of hydrogen-bond acceptors (Lipinski definition) is 2. The molecule has 1 aromatic heterocycles. The molecule has 1 heterocycles. The first-order chi connectivity index (χ1) is 7.75. The first-order valence-electron chi connectivity index (χ1n) is 5.57. The molecule has 0 amide bonds. The topological polar surface area (TPSA) is 40.7 Å². The maximum atomic E-state index is 3.98. The van der Waals surface area contributed by atoms with Crippen LogP contribution < -0.4 is 5.32 Å². The van der Waals surface area contributed by atoms with Gasteiger partial charge in [-0.3, -0.25) is 0 Å². The Morgan fingerprint density at radius 2 is 2.00 bits per heavy atom. The molecule has 0 fully saturated rings. The van der Waals surface area contributed by atoms with Crippen LogP contribution in [0.2, 0.25) is 0 Å². The lowest BCUT2D eigenvalue weighted by molar-refractivity contribution is 0.866. The molecule has 16 heavy (non-hydrogen) atoms. The third-order valence-corrected chi connectivity index (χ3v) is 2.62. The van der Waals surface area contributed by atoms with Crippen LogP contribution in [0.3, 0.4) is 0 Å². The van der Waals surface area contributed by atoms with E-state index < -0.39 is 0 Å². The van der Waals surface area contributed by atoms with Gasteiger partial charge >= 0.3 is 0 Å². The third-order valence-electron chi connectivity index (χ3n) is 2.62. The Labute approximate surface area is 95.9 Å². The van der Waals surface area contributed by atoms with Crippen molar-refractivity contribution in [2.24, 2.45) is 0 Å². The van der Waals surface area contributed by atoms with E-state index >= 15 is 0 Å². The molecule has 0 spiro atoms. The minimum Gasteiger partial charge on any atom is -0.379 e. The van der Waals surface area contributed by atoms with E-state index in [1.165, 1.54) is 5.56 Å². The van der Waals surface area contributed by atoms with Gasteiger partial charge in [0, 0.05) is 11.9 Å². The second kappa shape index (κ2) is 4.84. The number of aromatic amines is 1. The van der Waals surface area contributed by atoms with Gasteiger partial charge in [-0.15, -0.1) is 0 Å². The Morgan fingerprint density at radius 3 is 2.56 bits per heavy atom. The molecule has 84 valence electrons. The molecule has 1 aromatic carbocycles. The van der Waals surface area contributed by atoms with Crippen LogP contribution in [0.5, 0.6) is 0 Å². The number of nitrogens with zero attached hydrogens (tertiary/aromatic N) is 1. The highest BCUT2D eigenvalue weighted by Gasteiger charge is 1.99. The lowest BCUT2D eigenvalue weighted by Gasteiger charge is -2.08. The Kier molecular flexibility index (Phi) is 3.25. The van der Waals surface area contributed by atoms with E-state index in [4.69, 9.17) is 0 Å². The van der Waals surface area contributed by atoms with E-state index in [0.29, 0.717) is 5.92 Å². The van der Waals surface area contributed by atoms with Gasteiger partial charge in [-0.1, -0.05) is 26.0 Å². The molecule has 2 rings (SSSR count). The highest BCUT2D eigenvalue weighted by molar-refractivity contribution is 5.45. The third kappa shape index (κ3) is 2.63. The summed E-state index contributed by atoms with van der Waals surface area (Å²) in [6.45, 7) is 5.18. The molecule has 0 aliphatic carbocycles. The van der Waals surface area contributed by atoms with Crippen molar-refractivity contribution in [2.75, 3.05) is 5.32 Å². The Bertz CT molecular complexity index is 415. The second-order valence-corrected chi connectivity index (χ2v) is 4.21. The van der Waals surface area contributed by atoms with Crippen molar-refractivity contribution in [3.63, 3.8) is 0 Å². The van der Waals surface area contributed by atoms with Gasteiger partial charge < -0.3 is 10.3 Å². The predicted octanol–water partition coefficient (Wildman–Crippen LogP) is 3.15. The molecule has 0 saturated heterocycles. The minimum absolute atomic E-state index is 0.585. The lowest BCUT2D eigenvalue weighted by atomic mass is 10.0. The number of aromatic nitrogens is 2. The van der Waals surface area contributed by atoms with Gasteiger partial charge in [-0.2, -0.15) is 0 Å². The quantitative estimate of drug-likeness (QED) is 0.822. The van der Waals surface area contributed by atoms with Crippen molar-refractivity contribution in [3.05, 3.63) is 48.0 Å². The van der Waals surface area contributed by atoms with Crippen LogP contribution in [0.15, 0.2) is 36.8 Å². The number of imidazole rings is 1. The van der Waals surface area contributed by atoms with Gasteiger partial charge in [0.15, 0.2) is 0 Å². The fourth-order valence-corrected chi connectivity index (χ4v) is 1.56. The Balaban J connectivity index is 1.95. The molecule has 3 nitrogen and oxygen atoms in total. The number of hydrogen-bond donors (Lipinski definition) is 2. The van der Waals surface area contributed by atoms with Gasteiger partial charge in [-0.05, 0) is 23.6 Å². The summed E-state index contributed by atoms with van der Waals surface area (Å²) < 4.78 is 0. The number of benzene rings is 1. The normalized spacial score (nSPS) is 10.7. The van der Waals surface area contributed by atoms with E-state index in [9.17, 15) is 0 Å². The number of nitrogens with one attached hydrogen (secondary N) is 2. The number of H-pyrrole nitrogens is 1. The molecule has 0 bridgehead atoms. The number of rotatable bonds is 4. The summed E-state index contributed by atoms with van der Waals surface area (Å²) in [5.41, 5.74) is 3.60. The largest absolute Gasteiger partial charge is 0.379 e. The molecule has 2 N–H and O–H groups in total. The molecule has 0 saturated carbocycles. The van der Waals surface area contributed by atoms with Gasteiger partial charge in [0.25, 0.3) is 0 Å². The monoisotopic (exact) mass is 215 g/mol. The molecular weight excluding hydrogens is 198 g/mol. The summed E-state index contributed by atoms with van der Waals surface area (Å²) >= 11 is 0. The van der Waals surface area contributed by atoms with Crippen LogP contribution in [-0.2, 0) is 6.54 Å². The van der Waals surface area contributed by atoms with Crippen LogP contribution in [0, 0.1) is 0 Å². The standard InChI is InChI=1S/C13H17N3/c1-10(2)11-3-5-12(6-4-11)15-8-13-7-14-9-16-13/h3-7,9-10,15H,8H2,1-2H3,(H,14,16). The van der Waals surface area contributed by atoms with Gasteiger partial charge in [0.2, 0.25) is 0 Å². The zero-order valence-corrected chi connectivity index (χ0v) is 9.70. The average molecular weight is 215 g/mol. The fraction of sp³-hybridized carbons (Fsp3) is 0.308. The fourth-order valence-electron chi connectivity index (χ4n) is 1.56. The summed E-state index contributed by atoms with van der Waals surface area (Å²) in [6.07, 6.45) is 3.52. The summed E-state index contributed by atoms with van der Waals surface area (Å²) in [4.78, 5) is 7.04. The van der Waals surface area contributed by atoms with Crippen LogP contribution in [0.1, 0.15) is 31.0 Å². The highest BCUT2D eigenvalue weighted by Crippen LogP contribution is 2.17. The highest BCUT2D eigenvalue weighted by atomic mass is 14.9. The first kappa shape index (κ1) is 10.7. The van der Waals surface area contributed by atoms with Gasteiger partial charge in [0.1, 0.15) is 0 Å². The average Bonchev–Trinajstić information content (AvgIpc) is 2.80. The molecule has 2 aromatic rings. The maximum absolute atomic E-state index is 3.98. The molecular formula is C13H17N3. The van der Waals surface area contributed by atoms with Crippen molar-refractivity contribution < 1.29 is 0 Å². The molecule has 0 atom stereocenters. The van der Waals surface area contributed by atoms with Crippen molar-refractivity contribution in [1.82, 2.24) is 9.97 Å². The zero-order valence-electron chi connectivity index (χ0n) is 9.70. The lowest BCUT2D eigenvalue weighted by Crippen LogP contribution is -1.99. The predicted molar refractivity (Wildman–Crippen MR) is 66.4 cm³/mol.